The number of amidine groups is 1. The average Bonchev–Trinajstić information content (AvgIpc) is 3.23. The predicted molar refractivity (Wildman–Crippen MR) is 151 cm³/mol. The summed E-state index contributed by atoms with van der Waals surface area (Å²) in [5.41, 5.74) is 2.48. The molecule has 0 spiro atoms. The molecule has 0 unspecified atom stereocenters. The molecule has 0 bridgehead atoms. The highest BCUT2D eigenvalue weighted by Gasteiger charge is 2.39. The van der Waals surface area contributed by atoms with Crippen molar-refractivity contribution in [2.45, 2.75) is 25.1 Å². The number of hydrogen-bond donors (Lipinski definition) is 1. The summed E-state index contributed by atoms with van der Waals surface area (Å²) < 4.78 is 15.4. The van der Waals surface area contributed by atoms with Crippen LogP contribution in [0, 0.1) is 0 Å². The van der Waals surface area contributed by atoms with E-state index in [2.05, 4.69) is 5.32 Å². The summed E-state index contributed by atoms with van der Waals surface area (Å²) >= 11 is 1.26. The van der Waals surface area contributed by atoms with Crippen molar-refractivity contribution < 1.29 is 28.6 Å². The second kappa shape index (κ2) is 13.0. The van der Waals surface area contributed by atoms with E-state index >= 15 is 0 Å². The van der Waals surface area contributed by atoms with Crippen molar-refractivity contribution in [3.05, 3.63) is 83.9 Å². The molecule has 0 radical (unpaired) electrons. The number of esters is 1. The molecule has 1 heterocycles. The maximum absolute atomic E-state index is 13.5. The van der Waals surface area contributed by atoms with Gasteiger partial charge in [-0.1, -0.05) is 23.9 Å². The first-order chi connectivity index (χ1) is 18.9. The lowest BCUT2D eigenvalue weighted by Crippen LogP contribution is -2.33. The monoisotopic (exact) mass is 547 g/mol. The molecule has 2 amide bonds. The quantitative estimate of drug-likeness (QED) is 0.355. The highest BCUT2D eigenvalue weighted by atomic mass is 32.2. The van der Waals surface area contributed by atoms with E-state index < -0.39 is 11.2 Å². The van der Waals surface area contributed by atoms with Crippen LogP contribution in [-0.2, 0) is 20.9 Å². The summed E-state index contributed by atoms with van der Waals surface area (Å²) in [6.07, 6.45) is -0.0378. The summed E-state index contributed by atoms with van der Waals surface area (Å²) in [5.74, 6) is 0.478. The summed E-state index contributed by atoms with van der Waals surface area (Å²) in [5, 5.41) is 2.67. The van der Waals surface area contributed by atoms with Crippen molar-refractivity contribution in [3.8, 4) is 11.5 Å². The molecule has 1 fully saturated rings. The Morgan fingerprint density at radius 1 is 0.923 bits per heavy atom. The van der Waals surface area contributed by atoms with Crippen LogP contribution in [-0.4, -0.2) is 53.9 Å². The molecule has 202 valence electrons. The minimum atomic E-state index is -0.640. The van der Waals surface area contributed by atoms with Crippen molar-refractivity contribution in [1.29, 1.82) is 0 Å². The van der Waals surface area contributed by atoms with Crippen molar-refractivity contribution in [2.75, 3.05) is 26.1 Å². The SMILES string of the molecule is CCOC(=O)c1ccc(NC(=O)C[C@H]2SC(=Nc3ccc(OC)cc3)N(Cc3ccc(OC)cc3)C2=O)cc1. The molecule has 1 saturated heterocycles. The van der Waals surface area contributed by atoms with Crippen LogP contribution in [0.5, 0.6) is 11.5 Å². The minimum Gasteiger partial charge on any atom is -0.497 e. The van der Waals surface area contributed by atoms with Crippen LogP contribution in [0.2, 0.25) is 0 Å². The number of carbonyl (C=O) groups excluding carboxylic acids is 3. The molecule has 3 aromatic carbocycles. The van der Waals surface area contributed by atoms with Gasteiger partial charge >= 0.3 is 5.97 Å². The zero-order chi connectivity index (χ0) is 27.8. The van der Waals surface area contributed by atoms with Crippen LogP contribution < -0.4 is 14.8 Å². The Hall–Kier alpha value is -4.31. The molecule has 0 aliphatic carbocycles. The Kier molecular flexibility index (Phi) is 9.22. The first kappa shape index (κ1) is 27.7. The minimum absolute atomic E-state index is 0.0378. The fourth-order valence-corrected chi connectivity index (χ4v) is 4.99. The fraction of sp³-hybridized carbons (Fsp3) is 0.241. The van der Waals surface area contributed by atoms with E-state index in [1.165, 1.54) is 11.8 Å². The van der Waals surface area contributed by atoms with Crippen molar-refractivity contribution in [2.24, 2.45) is 4.99 Å². The van der Waals surface area contributed by atoms with Crippen LogP contribution in [0.1, 0.15) is 29.3 Å². The third-order valence-corrected chi connectivity index (χ3v) is 7.04. The molecule has 1 atom stereocenters. The standard InChI is InChI=1S/C29H29N3O6S/c1-4-38-28(35)20-7-9-21(10-8-20)30-26(33)17-25-27(34)32(18-19-5-13-23(36-2)14-6-19)29(39-25)31-22-11-15-24(37-3)16-12-22/h5-16,25H,4,17-18H2,1-3H3,(H,30,33)/t25-/m1/s1. The van der Waals surface area contributed by atoms with Crippen molar-refractivity contribution in [1.82, 2.24) is 4.90 Å². The van der Waals surface area contributed by atoms with Gasteiger partial charge in [0.15, 0.2) is 5.17 Å². The third-order valence-electron chi connectivity index (χ3n) is 5.87. The van der Waals surface area contributed by atoms with Gasteiger partial charge in [0.2, 0.25) is 11.8 Å². The fourth-order valence-electron chi connectivity index (χ4n) is 3.84. The highest BCUT2D eigenvalue weighted by molar-refractivity contribution is 8.15. The van der Waals surface area contributed by atoms with Gasteiger partial charge in [0, 0.05) is 12.1 Å². The number of nitrogens with zero attached hydrogens (tertiary/aromatic N) is 2. The highest BCUT2D eigenvalue weighted by Crippen LogP contribution is 2.33. The van der Waals surface area contributed by atoms with Gasteiger partial charge in [0.05, 0.1) is 38.6 Å². The number of ether oxygens (including phenoxy) is 3. The zero-order valence-corrected chi connectivity index (χ0v) is 22.7. The summed E-state index contributed by atoms with van der Waals surface area (Å²) in [4.78, 5) is 44.5. The van der Waals surface area contributed by atoms with Crippen LogP contribution in [0.25, 0.3) is 0 Å². The van der Waals surface area contributed by atoms with Crippen LogP contribution in [0.15, 0.2) is 77.8 Å². The number of anilines is 1. The molecule has 0 saturated carbocycles. The van der Waals surface area contributed by atoms with E-state index in [9.17, 15) is 14.4 Å². The maximum Gasteiger partial charge on any atom is 0.338 e. The smallest absolute Gasteiger partial charge is 0.338 e. The average molecular weight is 548 g/mol. The molecule has 10 heteroatoms. The summed E-state index contributed by atoms with van der Waals surface area (Å²) in [6, 6.07) is 21.1. The van der Waals surface area contributed by atoms with Crippen molar-refractivity contribution in [3.63, 3.8) is 0 Å². The Morgan fingerprint density at radius 2 is 1.54 bits per heavy atom. The second-order valence-electron chi connectivity index (χ2n) is 8.52. The largest absolute Gasteiger partial charge is 0.497 e. The number of rotatable bonds is 10. The Labute approximate surface area is 231 Å². The molecule has 3 aromatic rings. The zero-order valence-electron chi connectivity index (χ0n) is 21.9. The number of methoxy groups -OCH3 is 2. The van der Waals surface area contributed by atoms with E-state index in [0.717, 1.165) is 11.3 Å². The van der Waals surface area contributed by atoms with Gasteiger partial charge in [-0.2, -0.15) is 0 Å². The number of benzene rings is 3. The number of nitrogens with one attached hydrogen (secondary N) is 1. The topological polar surface area (TPSA) is 107 Å². The molecule has 1 aliphatic rings. The van der Waals surface area contributed by atoms with E-state index in [0.29, 0.717) is 34.4 Å². The van der Waals surface area contributed by atoms with Crippen molar-refractivity contribution >= 4 is 46.1 Å². The summed E-state index contributed by atoms with van der Waals surface area (Å²) in [6.45, 7) is 2.32. The maximum atomic E-state index is 13.5. The first-order valence-electron chi connectivity index (χ1n) is 12.3. The lowest BCUT2D eigenvalue weighted by atomic mass is 10.2. The molecule has 9 nitrogen and oxygen atoms in total. The molecule has 39 heavy (non-hydrogen) atoms. The number of hydrogen-bond acceptors (Lipinski definition) is 8. The van der Waals surface area contributed by atoms with Crippen LogP contribution in [0.3, 0.4) is 0 Å². The molecular formula is C29H29N3O6S. The normalized spacial score (nSPS) is 15.8. The second-order valence-corrected chi connectivity index (χ2v) is 9.69. The number of aliphatic imine (C=N–C) groups is 1. The van der Waals surface area contributed by atoms with Gasteiger partial charge in [-0.05, 0) is 73.2 Å². The molecule has 0 aromatic heterocycles. The Balaban J connectivity index is 1.49. The van der Waals surface area contributed by atoms with Gasteiger partial charge in [0.25, 0.3) is 0 Å². The Bertz CT molecular complexity index is 1340. The molecule has 1 aliphatic heterocycles. The van der Waals surface area contributed by atoms with Gasteiger partial charge in [-0.15, -0.1) is 0 Å². The predicted octanol–water partition coefficient (Wildman–Crippen LogP) is 5.04. The van der Waals surface area contributed by atoms with Gasteiger partial charge in [-0.3, -0.25) is 14.5 Å². The lowest BCUT2D eigenvalue weighted by molar-refractivity contribution is -0.128. The van der Waals surface area contributed by atoms with Crippen LogP contribution >= 0.6 is 11.8 Å². The number of amides is 2. The summed E-state index contributed by atoms with van der Waals surface area (Å²) in [7, 11) is 3.19. The Morgan fingerprint density at radius 3 is 2.13 bits per heavy atom. The number of carbonyl (C=O) groups is 3. The van der Waals surface area contributed by atoms with Gasteiger partial charge < -0.3 is 19.5 Å². The third kappa shape index (κ3) is 7.17. The molecular weight excluding hydrogens is 518 g/mol. The number of thioether (sulfide) groups is 1. The van der Waals surface area contributed by atoms with Gasteiger partial charge in [0.1, 0.15) is 16.7 Å². The first-order valence-corrected chi connectivity index (χ1v) is 13.2. The van der Waals surface area contributed by atoms with Crippen LogP contribution in [0.4, 0.5) is 11.4 Å². The molecule has 1 N–H and O–H groups in total. The van der Waals surface area contributed by atoms with E-state index in [1.807, 2.05) is 36.4 Å². The molecule has 4 rings (SSSR count). The van der Waals surface area contributed by atoms with E-state index in [4.69, 9.17) is 19.2 Å². The van der Waals surface area contributed by atoms with Gasteiger partial charge in [-0.25, -0.2) is 9.79 Å². The van der Waals surface area contributed by atoms with E-state index in [-0.39, 0.29) is 24.8 Å². The van der Waals surface area contributed by atoms with E-state index in [1.54, 1.807) is 62.4 Å². The lowest BCUT2D eigenvalue weighted by Gasteiger charge is -2.17.